The van der Waals surface area contributed by atoms with Crippen molar-refractivity contribution >= 4 is 33.5 Å². The van der Waals surface area contributed by atoms with E-state index in [9.17, 15) is 9.90 Å². The molecule has 0 spiro atoms. The van der Waals surface area contributed by atoms with Crippen LogP contribution in [0.2, 0.25) is 5.02 Å². The zero-order valence-electron chi connectivity index (χ0n) is 21.8. The number of nitrogens with zero attached hydrogens (tertiary/aromatic N) is 2. The van der Waals surface area contributed by atoms with Crippen molar-refractivity contribution < 1.29 is 14.6 Å². The summed E-state index contributed by atoms with van der Waals surface area (Å²) in [6.45, 7) is 1.00. The third-order valence-electron chi connectivity index (χ3n) is 6.65. The molecule has 7 heteroatoms. The van der Waals surface area contributed by atoms with E-state index in [1.54, 1.807) is 6.07 Å². The number of hydrogen-bond acceptors (Lipinski definition) is 3. The summed E-state index contributed by atoms with van der Waals surface area (Å²) in [5.41, 5.74) is 6.36. The Kier molecular flexibility index (Phi) is 8.99. The van der Waals surface area contributed by atoms with Gasteiger partial charge in [0.1, 0.15) is 12.4 Å². The quantitative estimate of drug-likeness (QED) is 0.162. The first-order valence-electron chi connectivity index (χ1n) is 13.1. The van der Waals surface area contributed by atoms with Crippen molar-refractivity contribution in [3.05, 3.63) is 129 Å². The summed E-state index contributed by atoms with van der Waals surface area (Å²) in [6.07, 6.45) is 1.06. The number of halogens is 2. The van der Waals surface area contributed by atoms with Gasteiger partial charge in [0.25, 0.3) is 0 Å². The van der Waals surface area contributed by atoms with Crippen molar-refractivity contribution in [3.63, 3.8) is 0 Å². The highest BCUT2D eigenvalue weighted by molar-refractivity contribution is 9.10. The number of carbonyl (C=O) groups is 1. The summed E-state index contributed by atoms with van der Waals surface area (Å²) in [5, 5.41) is 15.3. The van der Waals surface area contributed by atoms with E-state index in [1.807, 2.05) is 89.6 Å². The summed E-state index contributed by atoms with van der Waals surface area (Å²) in [4.78, 5) is 11.7. The Balaban J connectivity index is 1.63. The molecule has 0 fully saturated rings. The van der Waals surface area contributed by atoms with Gasteiger partial charge in [-0.2, -0.15) is 5.10 Å². The Morgan fingerprint density at radius 1 is 0.875 bits per heavy atom. The van der Waals surface area contributed by atoms with Gasteiger partial charge in [0.15, 0.2) is 0 Å². The molecule has 0 aliphatic heterocycles. The van der Waals surface area contributed by atoms with E-state index < -0.39 is 5.97 Å². The summed E-state index contributed by atoms with van der Waals surface area (Å²) in [7, 11) is 0. The largest absolute Gasteiger partial charge is 0.488 e. The first-order chi connectivity index (χ1) is 19.5. The second-order valence-electron chi connectivity index (χ2n) is 9.45. The molecule has 1 N–H and O–H groups in total. The Morgan fingerprint density at radius 3 is 2.23 bits per heavy atom. The second kappa shape index (κ2) is 13.0. The van der Waals surface area contributed by atoms with E-state index >= 15 is 0 Å². The molecule has 0 atom stereocenters. The molecule has 0 amide bonds. The van der Waals surface area contributed by atoms with Crippen LogP contribution < -0.4 is 4.74 Å². The zero-order valence-corrected chi connectivity index (χ0v) is 24.1. The molecule has 0 radical (unpaired) electrons. The third-order valence-corrected chi connectivity index (χ3v) is 7.41. The van der Waals surface area contributed by atoms with E-state index in [0.717, 1.165) is 38.8 Å². The van der Waals surface area contributed by atoms with E-state index in [2.05, 4.69) is 28.1 Å². The molecule has 5 aromatic rings. The smallest absolute Gasteiger partial charge is 0.303 e. The van der Waals surface area contributed by atoms with Crippen molar-refractivity contribution in [3.8, 4) is 28.3 Å². The van der Waals surface area contributed by atoms with Gasteiger partial charge < -0.3 is 9.84 Å². The van der Waals surface area contributed by atoms with Gasteiger partial charge in [-0.15, -0.1) is 0 Å². The topological polar surface area (TPSA) is 64.3 Å². The maximum atomic E-state index is 11.7. The van der Waals surface area contributed by atoms with Gasteiger partial charge in [-0.25, -0.2) is 0 Å². The summed E-state index contributed by atoms with van der Waals surface area (Å²) in [5.74, 6) is -0.226. The van der Waals surface area contributed by atoms with Gasteiger partial charge in [0, 0.05) is 39.2 Å². The maximum absolute atomic E-state index is 11.7. The van der Waals surface area contributed by atoms with Crippen LogP contribution in [0.1, 0.15) is 23.1 Å². The molecule has 0 bridgehead atoms. The lowest BCUT2D eigenvalue weighted by molar-refractivity contribution is -0.136. The summed E-state index contributed by atoms with van der Waals surface area (Å²) in [6, 6.07) is 33.7. The monoisotopic (exact) mass is 614 g/mol. The molecule has 1 heterocycles. The van der Waals surface area contributed by atoms with Gasteiger partial charge in [0.05, 0.1) is 11.4 Å². The molecule has 0 unspecified atom stereocenters. The highest BCUT2D eigenvalue weighted by Crippen LogP contribution is 2.39. The molecule has 0 saturated heterocycles. The number of ether oxygens (including phenoxy) is 1. The molecule has 4 aromatic carbocycles. The molecule has 5 rings (SSSR count). The molecule has 0 aliphatic rings. The van der Waals surface area contributed by atoms with Crippen LogP contribution in [0.25, 0.3) is 22.5 Å². The van der Waals surface area contributed by atoms with Crippen LogP contribution >= 0.6 is 27.5 Å². The lowest BCUT2D eigenvalue weighted by Crippen LogP contribution is -2.06. The predicted octanol–water partition coefficient (Wildman–Crippen LogP) is 8.47. The number of carboxylic acids is 1. The van der Waals surface area contributed by atoms with Gasteiger partial charge in [-0.1, -0.05) is 100 Å². The van der Waals surface area contributed by atoms with Gasteiger partial charge in [0.2, 0.25) is 0 Å². The molecule has 5 nitrogen and oxygen atoms in total. The normalized spacial score (nSPS) is 10.9. The zero-order chi connectivity index (χ0) is 27.9. The number of rotatable bonds is 11. The van der Waals surface area contributed by atoms with Crippen molar-refractivity contribution in [2.45, 2.75) is 32.4 Å². The summed E-state index contributed by atoms with van der Waals surface area (Å²) >= 11 is 10.0. The van der Waals surface area contributed by atoms with E-state index in [-0.39, 0.29) is 6.42 Å². The SMILES string of the molecule is O=C(O)CCc1c(-c2cc(Cl)ccc2OCc2ccccc2)nn(CCc2ccccc2)c1-c1ccc(Br)cc1. The fourth-order valence-electron chi connectivity index (χ4n) is 4.71. The van der Waals surface area contributed by atoms with Crippen LogP contribution in [-0.2, 0) is 30.8 Å². The average molecular weight is 616 g/mol. The lowest BCUT2D eigenvalue weighted by atomic mass is 9.97. The van der Waals surface area contributed by atoms with Crippen LogP contribution in [0.4, 0.5) is 0 Å². The number of aryl methyl sites for hydroxylation is 2. The lowest BCUT2D eigenvalue weighted by Gasteiger charge is -2.13. The predicted molar refractivity (Wildman–Crippen MR) is 163 cm³/mol. The maximum Gasteiger partial charge on any atom is 0.303 e. The van der Waals surface area contributed by atoms with Crippen molar-refractivity contribution in [1.82, 2.24) is 9.78 Å². The van der Waals surface area contributed by atoms with Crippen molar-refractivity contribution in [2.24, 2.45) is 0 Å². The van der Waals surface area contributed by atoms with Gasteiger partial charge in [-0.05, 0) is 54.3 Å². The third kappa shape index (κ3) is 6.82. The number of hydrogen-bond donors (Lipinski definition) is 1. The molecular weight excluding hydrogens is 588 g/mol. The Hall–Kier alpha value is -3.87. The Bertz CT molecular complexity index is 1590. The van der Waals surface area contributed by atoms with Gasteiger partial charge in [-0.3, -0.25) is 9.48 Å². The van der Waals surface area contributed by atoms with E-state index in [4.69, 9.17) is 21.4 Å². The minimum atomic E-state index is -0.864. The van der Waals surface area contributed by atoms with Gasteiger partial charge >= 0.3 is 5.97 Å². The molecule has 0 saturated carbocycles. The first kappa shape index (κ1) is 27.7. The molecule has 1 aromatic heterocycles. The fourth-order valence-corrected chi connectivity index (χ4v) is 5.14. The van der Waals surface area contributed by atoms with Crippen molar-refractivity contribution in [1.29, 1.82) is 0 Å². The highest BCUT2D eigenvalue weighted by Gasteiger charge is 2.24. The standard InChI is InChI=1S/C33H28BrClN2O3/c34-26-13-11-25(12-14-26)33-28(16-18-31(38)39)32(36-37(33)20-19-23-7-3-1-4-8-23)29-21-27(35)15-17-30(29)40-22-24-9-5-2-6-10-24/h1-15,17,21H,16,18-20,22H2,(H,38,39). The minimum absolute atomic E-state index is 0.0261. The fraction of sp³-hybridized carbons (Fsp3) is 0.152. The number of carboxylic acid groups (broad SMARTS) is 1. The van der Waals surface area contributed by atoms with Crippen LogP contribution in [-0.4, -0.2) is 20.9 Å². The average Bonchev–Trinajstić information content (AvgIpc) is 3.34. The minimum Gasteiger partial charge on any atom is -0.488 e. The van der Waals surface area contributed by atoms with E-state index in [0.29, 0.717) is 36.0 Å². The van der Waals surface area contributed by atoms with Crippen LogP contribution in [0.15, 0.2) is 108 Å². The number of aliphatic carboxylic acids is 1. The van der Waals surface area contributed by atoms with E-state index in [1.165, 1.54) is 5.56 Å². The molecule has 0 aliphatic carbocycles. The second-order valence-corrected chi connectivity index (χ2v) is 10.8. The first-order valence-corrected chi connectivity index (χ1v) is 14.2. The van der Waals surface area contributed by atoms with Crippen molar-refractivity contribution in [2.75, 3.05) is 0 Å². The van der Waals surface area contributed by atoms with Crippen LogP contribution in [0.3, 0.4) is 0 Å². The number of benzene rings is 4. The summed E-state index contributed by atoms with van der Waals surface area (Å²) < 4.78 is 9.24. The van der Waals surface area contributed by atoms with Crippen LogP contribution in [0.5, 0.6) is 5.75 Å². The Labute approximate surface area is 247 Å². The molecule has 40 heavy (non-hydrogen) atoms. The number of aromatic nitrogens is 2. The molecular formula is C33H28BrClN2O3. The molecule has 202 valence electrons. The Morgan fingerprint density at radius 2 is 1.55 bits per heavy atom. The highest BCUT2D eigenvalue weighted by atomic mass is 79.9. The van der Waals surface area contributed by atoms with Crippen LogP contribution in [0, 0.1) is 0 Å².